The van der Waals surface area contributed by atoms with Gasteiger partial charge in [-0.3, -0.25) is 15.1 Å². The first-order valence-corrected chi connectivity index (χ1v) is 7.53. The topological polar surface area (TPSA) is 67.6 Å². The molecule has 1 aliphatic rings. The fraction of sp³-hybridized carbons (Fsp3) is 0.562. The van der Waals surface area contributed by atoms with Crippen LogP contribution in [0.1, 0.15) is 37.3 Å². The summed E-state index contributed by atoms with van der Waals surface area (Å²) in [4.78, 5) is 13.9. The summed E-state index contributed by atoms with van der Waals surface area (Å²) in [6.45, 7) is 7.78. The van der Waals surface area contributed by atoms with Crippen LogP contribution in [0.5, 0.6) is 0 Å². The Morgan fingerprint density at radius 2 is 2.19 bits per heavy atom. The second-order valence-corrected chi connectivity index (χ2v) is 5.74. The fourth-order valence-electron chi connectivity index (χ4n) is 2.67. The maximum absolute atomic E-state index is 11.5. The second-order valence-electron chi connectivity index (χ2n) is 5.74. The summed E-state index contributed by atoms with van der Waals surface area (Å²) in [6.07, 6.45) is 1.37. The van der Waals surface area contributed by atoms with Crippen LogP contribution < -0.4 is 11.3 Å². The van der Waals surface area contributed by atoms with Crippen molar-refractivity contribution in [1.82, 2.24) is 10.3 Å². The van der Waals surface area contributed by atoms with Gasteiger partial charge in [-0.05, 0) is 31.4 Å². The normalized spacial score (nSPS) is 21.6. The Morgan fingerprint density at radius 1 is 1.48 bits per heavy atom. The molecule has 21 heavy (non-hydrogen) atoms. The van der Waals surface area contributed by atoms with Crippen LogP contribution in [0.25, 0.3) is 0 Å². The van der Waals surface area contributed by atoms with Crippen molar-refractivity contribution in [3.8, 4) is 0 Å². The van der Waals surface area contributed by atoms with E-state index in [1.54, 1.807) is 0 Å². The Bertz CT molecular complexity index is 461. The molecule has 2 atom stereocenters. The van der Waals surface area contributed by atoms with E-state index in [4.69, 9.17) is 10.6 Å². The third-order valence-corrected chi connectivity index (χ3v) is 3.96. The van der Waals surface area contributed by atoms with E-state index in [9.17, 15) is 4.79 Å². The van der Waals surface area contributed by atoms with Crippen LogP contribution in [0.15, 0.2) is 24.3 Å². The molecule has 1 aromatic rings. The van der Waals surface area contributed by atoms with Gasteiger partial charge in [0.2, 0.25) is 5.91 Å². The molecule has 1 aromatic carbocycles. The zero-order valence-corrected chi connectivity index (χ0v) is 12.8. The molecule has 0 saturated carbocycles. The molecule has 1 aliphatic heterocycles. The van der Waals surface area contributed by atoms with E-state index in [0.29, 0.717) is 6.10 Å². The van der Waals surface area contributed by atoms with E-state index in [1.165, 1.54) is 5.56 Å². The maximum atomic E-state index is 11.5. The van der Waals surface area contributed by atoms with Crippen LogP contribution in [0, 0.1) is 0 Å². The molecule has 2 rings (SSSR count). The quantitative estimate of drug-likeness (QED) is 0.500. The minimum absolute atomic E-state index is 0.166. The number of carbonyl (C=O) groups is 1. The van der Waals surface area contributed by atoms with Gasteiger partial charge < -0.3 is 4.74 Å². The van der Waals surface area contributed by atoms with E-state index in [-0.39, 0.29) is 11.8 Å². The Hall–Kier alpha value is -1.43. The number of hydrogen-bond acceptors (Lipinski definition) is 4. The van der Waals surface area contributed by atoms with Gasteiger partial charge in [-0.25, -0.2) is 5.84 Å². The molecule has 1 heterocycles. The number of rotatable bonds is 4. The third-order valence-electron chi connectivity index (χ3n) is 3.96. The minimum Gasteiger partial charge on any atom is -0.377 e. The Balaban J connectivity index is 1.97. The summed E-state index contributed by atoms with van der Waals surface area (Å²) >= 11 is 0. The number of amides is 1. The second kappa shape index (κ2) is 7.54. The van der Waals surface area contributed by atoms with Crippen molar-refractivity contribution in [2.24, 2.45) is 5.84 Å². The lowest BCUT2D eigenvalue weighted by atomic mass is 9.99. The number of carbonyl (C=O) groups excluding carboxylic acids is 1. The molecule has 2 unspecified atom stereocenters. The average Bonchev–Trinajstić information content (AvgIpc) is 2.70. The predicted molar refractivity (Wildman–Crippen MR) is 82.5 cm³/mol. The van der Waals surface area contributed by atoms with Gasteiger partial charge in [-0.1, -0.05) is 24.3 Å². The molecule has 0 spiro atoms. The third kappa shape index (κ3) is 4.52. The highest BCUT2D eigenvalue weighted by atomic mass is 16.5. The van der Waals surface area contributed by atoms with Gasteiger partial charge in [0.15, 0.2) is 0 Å². The SMILES string of the molecule is CC1CN(Cc2ccc(C(C)C(=O)NN)cc2)CCCO1. The van der Waals surface area contributed by atoms with Crippen LogP contribution in [0.3, 0.4) is 0 Å². The molecule has 1 saturated heterocycles. The van der Waals surface area contributed by atoms with Crippen molar-refractivity contribution in [3.05, 3.63) is 35.4 Å². The number of nitrogens with zero attached hydrogens (tertiary/aromatic N) is 1. The predicted octanol–water partition coefficient (Wildman–Crippen LogP) is 1.39. The molecule has 3 N–H and O–H groups in total. The van der Waals surface area contributed by atoms with Gasteiger partial charge >= 0.3 is 0 Å². The van der Waals surface area contributed by atoms with Crippen molar-refractivity contribution < 1.29 is 9.53 Å². The van der Waals surface area contributed by atoms with Gasteiger partial charge in [0, 0.05) is 26.2 Å². The Labute approximate surface area is 126 Å². The first-order chi connectivity index (χ1) is 10.1. The van der Waals surface area contributed by atoms with Crippen molar-refractivity contribution >= 4 is 5.91 Å². The number of ether oxygens (including phenoxy) is 1. The van der Waals surface area contributed by atoms with Crippen molar-refractivity contribution in [2.45, 2.75) is 38.8 Å². The fourth-order valence-corrected chi connectivity index (χ4v) is 2.67. The largest absolute Gasteiger partial charge is 0.377 e. The number of hydrogen-bond donors (Lipinski definition) is 2. The van der Waals surface area contributed by atoms with Crippen molar-refractivity contribution in [3.63, 3.8) is 0 Å². The van der Waals surface area contributed by atoms with Crippen molar-refractivity contribution in [1.29, 1.82) is 0 Å². The monoisotopic (exact) mass is 291 g/mol. The Morgan fingerprint density at radius 3 is 2.86 bits per heavy atom. The summed E-state index contributed by atoms with van der Waals surface area (Å²) in [7, 11) is 0. The number of nitrogens with one attached hydrogen (secondary N) is 1. The highest BCUT2D eigenvalue weighted by Crippen LogP contribution is 2.17. The van der Waals surface area contributed by atoms with Crippen LogP contribution in [0.4, 0.5) is 0 Å². The van der Waals surface area contributed by atoms with E-state index < -0.39 is 0 Å². The highest BCUT2D eigenvalue weighted by molar-refractivity contribution is 5.82. The van der Waals surface area contributed by atoms with Gasteiger partial charge in [-0.2, -0.15) is 0 Å². The van der Waals surface area contributed by atoms with Gasteiger partial charge in [0.25, 0.3) is 0 Å². The number of nitrogens with two attached hydrogens (primary N) is 1. The molecule has 0 radical (unpaired) electrons. The molecular formula is C16H25N3O2. The maximum Gasteiger partial charge on any atom is 0.241 e. The van der Waals surface area contributed by atoms with Crippen LogP contribution in [0.2, 0.25) is 0 Å². The van der Waals surface area contributed by atoms with Gasteiger partial charge in [0.05, 0.1) is 12.0 Å². The lowest BCUT2D eigenvalue weighted by Gasteiger charge is -2.22. The molecule has 0 aromatic heterocycles. The molecule has 5 nitrogen and oxygen atoms in total. The van der Waals surface area contributed by atoms with Crippen LogP contribution in [-0.4, -0.2) is 36.6 Å². The molecule has 1 fully saturated rings. The Kier molecular flexibility index (Phi) is 5.73. The molecule has 0 aliphatic carbocycles. The summed E-state index contributed by atoms with van der Waals surface area (Å²) in [5.74, 6) is 4.78. The lowest BCUT2D eigenvalue weighted by Crippen LogP contribution is -2.33. The lowest BCUT2D eigenvalue weighted by molar-refractivity contribution is -0.122. The average molecular weight is 291 g/mol. The van der Waals surface area contributed by atoms with Crippen LogP contribution >= 0.6 is 0 Å². The van der Waals surface area contributed by atoms with E-state index >= 15 is 0 Å². The first kappa shape index (κ1) is 15.9. The standard InChI is InChI=1S/C16H25N3O2/c1-12-10-19(8-3-9-21-12)11-14-4-6-15(7-5-14)13(2)16(20)18-17/h4-7,12-13H,3,8-11,17H2,1-2H3,(H,18,20). The van der Waals surface area contributed by atoms with Gasteiger partial charge in [0.1, 0.15) is 0 Å². The molecular weight excluding hydrogens is 266 g/mol. The van der Waals surface area contributed by atoms with Gasteiger partial charge in [-0.15, -0.1) is 0 Å². The highest BCUT2D eigenvalue weighted by Gasteiger charge is 2.16. The number of benzene rings is 1. The number of hydrazine groups is 1. The van der Waals surface area contributed by atoms with E-state index in [0.717, 1.165) is 38.2 Å². The zero-order valence-electron chi connectivity index (χ0n) is 12.8. The smallest absolute Gasteiger partial charge is 0.241 e. The molecule has 1 amide bonds. The summed E-state index contributed by atoms with van der Waals surface area (Å²) in [6, 6.07) is 8.19. The summed E-state index contributed by atoms with van der Waals surface area (Å²) < 4.78 is 5.66. The minimum atomic E-state index is -0.226. The van der Waals surface area contributed by atoms with E-state index in [1.807, 2.05) is 19.1 Å². The summed E-state index contributed by atoms with van der Waals surface area (Å²) in [5, 5.41) is 0. The molecule has 116 valence electrons. The van der Waals surface area contributed by atoms with E-state index in [2.05, 4.69) is 29.4 Å². The molecule has 0 bridgehead atoms. The summed E-state index contributed by atoms with van der Waals surface area (Å²) in [5.41, 5.74) is 4.43. The zero-order chi connectivity index (χ0) is 15.2. The first-order valence-electron chi connectivity index (χ1n) is 7.53. The van der Waals surface area contributed by atoms with Crippen molar-refractivity contribution in [2.75, 3.05) is 19.7 Å². The molecule has 5 heteroatoms. The van der Waals surface area contributed by atoms with Crippen LogP contribution in [-0.2, 0) is 16.1 Å².